The van der Waals surface area contributed by atoms with E-state index >= 15 is 0 Å². The zero-order valence-electron chi connectivity index (χ0n) is 26.8. The number of fused-ring (bicyclic) bond motifs is 11. The summed E-state index contributed by atoms with van der Waals surface area (Å²) >= 11 is 0. The average molecular weight is 642 g/mol. The first-order chi connectivity index (χ1) is 24.7. The molecule has 0 saturated heterocycles. The molecule has 0 atom stereocenters. The van der Waals surface area contributed by atoms with Crippen molar-refractivity contribution in [1.82, 2.24) is 0 Å². The monoisotopic (exact) mass is 641 g/mol. The normalized spacial score (nSPS) is 12.0. The zero-order valence-corrected chi connectivity index (χ0v) is 26.8. The van der Waals surface area contributed by atoms with Crippen molar-refractivity contribution in [2.75, 3.05) is 4.90 Å². The Balaban J connectivity index is 1.07. The van der Waals surface area contributed by atoms with Crippen LogP contribution in [-0.4, -0.2) is 0 Å². The summed E-state index contributed by atoms with van der Waals surface area (Å²) < 4.78 is 18.6. The highest BCUT2D eigenvalue weighted by atomic mass is 16.3. The van der Waals surface area contributed by atoms with E-state index < -0.39 is 0 Å². The summed E-state index contributed by atoms with van der Waals surface area (Å²) in [7, 11) is 0. The van der Waals surface area contributed by atoms with Crippen LogP contribution in [0.15, 0.2) is 177 Å². The Morgan fingerprint density at radius 1 is 0.300 bits per heavy atom. The lowest BCUT2D eigenvalue weighted by Gasteiger charge is -2.26. The molecule has 0 amide bonds. The Bertz CT molecular complexity index is 2990. The van der Waals surface area contributed by atoms with Gasteiger partial charge in [-0.2, -0.15) is 0 Å². The number of benzene rings is 8. The first-order valence-corrected chi connectivity index (χ1v) is 16.8. The van der Waals surface area contributed by atoms with Gasteiger partial charge in [0.1, 0.15) is 33.5 Å². The SMILES string of the molecule is c1ccc2c(c1)oc1ccc(N(c3ccc(-c4ccc5ccc6oc7ccccc7c6c5c4)cc3)c3ccc4oc5ccccc5c4c3)cc12. The molecule has 0 saturated carbocycles. The number of para-hydroxylation sites is 3. The number of nitrogens with zero attached hydrogens (tertiary/aromatic N) is 1. The molecule has 0 bridgehead atoms. The highest BCUT2D eigenvalue weighted by molar-refractivity contribution is 6.19. The molecule has 8 aromatic carbocycles. The summed E-state index contributed by atoms with van der Waals surface area (Å²) in [5, 5.41) is 9.07. The van der Waals surface area contributed by atoms with Crippen molar-refractivity contribution in [3.8, 4) is 11.1 Å². The summed E-state index contributed by atoms with van der Waals surface area (Å²) in [4.78, 5) is 2.31. The first kappa shape index (κ1) is 27.2. The van der Waals surface area contributed by atoms with Crippen LogP contribution < -0.4 is 4.90 Å². The highest BCUT2D eigenvalue weighted by Crippen LogP contribution is 2.42. The molecule has 4 nitrogen and oxygen atoms in total. The van der Waals surface area contributed by atoms with Crippen molar-refractivity contribution < 1.29 is 13.3 Å². The van der Waals surface area contributed by atoms with Crippen molar-refractivity contribution in [1.29, 1.82) is 0 Å². The quantitative estimate of drug-likeness (QED) is 0.192. The minimum Gasteiger partial charge on any atom is -0.456 e. The standard InChI is InChI=1S/C46H27NO3/c1-4-10-40-34(7-1)38-26-32(20-23-43(38)48-40)47(33-21-24-44-39(27-33)35-8-2-5-11-41(35)49-44)31-18-15-28(16-19-31)30-14-13-29-17-22-45-46(37(29)25-30)36-9-3-6-12-42(36)50-45/h1-27H. The van der Waals surface area contributed by atoms with E-state index in [2.05, 4.69) is 132 Å². The van der Waals surface area contributed by atoms with Crippen molar-refractivity contribution in [2.45, 2.75) is 0 Å². The summed E-state index contributed by atoms with van der Waals surface area (Å²) in [6.45, 7) is 0. The van der Waals surface area contributed by atoms with Crippen LogP contribution in [0.5, 0.6) is 0 Å². The summed E-state index contributed by atoms with van der Waals surface area (Å²) in [6, 6.07) is 57.4. The van der Waals surface area contributed by atoms with E-state index in [9.17, 15) is 0 Å². The lowest BCUT2D eigenvalue weighted by molar-refractivity contribution is 0.668. The van der Waals surface area contributed by atoms with Gasteiger partial charge in [0.2, 0.25) is 0 Å². The van der Waals surface area contributed by atoms with Crippen LogP contribution in [0.3, 0.4) is 0 Å². The number of furan rings is 3. The van der Waals surface area contributed by atoms with E-state index in [-0.39, 0.29) is 0 Å². The summed E-state index contributed by atoms with van der Waals surface area (Å²) in [6.07, 6.45) is 0. The molecule has 0 aliphatic heterocycles. The van der Waals surface area contributed by atoms with Crippen LogP contribution >= 0.6 is 0 Å². The predicted octanol–water partition coefficient (Wildman–Crippen LogP) is 13.7. The van der Waals surface area contributed by atoms with Gasteiger partial charge in [-0.15, -0.1) is 0 Å². The van der Waals surface area contributed by atoms with E-state index in [0.29, 0.717) is 0 Å². The van der Waals surface area contributed by atoms with Gasteiger partial charge in [0.15, 0.2) is 0 Å². The van der Waals surface area contributed by atoms with E-state index in [1.807, 2.05) is 36.4 Å². The molecule has 11 rings (SSSR count). The molecule has 3 heterocycles. The Morgan fingerprint density at radius 3 is 1.40 bits per heavy atom. The zero-order chi connectivity index (χ0) is 32.8. The van der Waals surface area contributed by atoms with Crippen molar-refractivity contribution in [3.05, 3.63) is 164 Å². The lowest BCUT2D eigenvalue weighted by Crippen LogP contribution is -2.09. The molecule has 11 aromatic rings. The summed E-state index contributed by atoms with van der Waals surface area (Å²) in [5.74, 6) is 0. The number of rotatable bonds is 4. The van der Waals surface area contributed by atoms with E-state index in [4.69, 9.17) is 13.3 Å². The third-order valence-corrected chi connectivity index (χ3v) is 10.1. The van der Waals surface area contributed by atoms with Gasteiger partial charge in [-0.25, -0.2) is 0 Å². The van der Waals surface area contributed by atoms with E-state index in [1.54, 1.807) is 0 Å². The van der Waals surface area contributed by atoms with Crippen LogP contribution in [0.1, 0.15) is 0 Å². The van der Waals surface area contributed by atoms with Crippen LogP contribution in [0.25, 0.3) is 87.7 Å². The average Bonchev–Trinajstić information content (AvgIpc) is 3.86. The molecule has 0 N–H and O–H groups in total. The number of anilines is 3. The fourth-order valence-corrected chi connectivity index (χ4v) is 7.68. The van der Waals surface area contributed by atoms with Crippen molar-refractivity contribution in [2.24, 2.45) is 0 Å². The highest BCUT2D eigenvalue weighted by Gasteiger charge is 2.18. The Labute approximate surface area is 286 Å². The largest absolute Gasteiger partial charge is 0.456 e. The van der Waals surface area contributed by atoms with Crippen LogP contribution in [-0.2, 0) is 0 Å². The first-order valence-electron chi connectivity index (χ1n) is 16.8. The molecule has 50 heavy (non-hydrogen) atoms. The van der Waals surface area contributed by atoms with Gasteiger partial charge >= 0.3 is 0 Å². The van der Waals surface area contributed by atoms with Gasteiger partial charge in [-0.05, 0) is 101 Å². The minimum atomic E-state index is 0.873. The minimum absolute atomic E-state index is 0.873. The smallest absolute Gasteiger partial charge is 0.136 e. The molecule has 4 heteroatoms. The molecule has 234 valence electrons. The van der Waals surface area contributed by atoms with Gasteiger partial charge < -0.3 is 18.2 Å². The Morgan fingerprint density at radius 2 is 0.760 bits per heavy atom. The Kier molecular flexibility index (Phi) is 5.63. The second kappa shape index (κ2) is 10.4. The van der Waals surface area contributed by atoms with Crippen molar-refractivity contribution >= 4 is 93.7 Å². The molecule has 0 fully saturated rings. The van der Waals surface area contributed by atoms with Gasteiger partial charge in [0, 0.05) is 49.4 Å². The maximum absolute atomic E-state index is 6.21. The van der Waals surface area contributed by atoms with Crippen LogP contribution in [0, 0.1) is 0 Å². The molecule has 0 radical (unpaired) electrons. The third-order valence-electron chi connectivity index (χ3n) is 10.1. The van der Waals surface area contributed by atoms with Gasteiger partial charge in [0.05, 0.1) is 0 Å². The molecular weight excluding hydrogens is 615 g/mol. The van der Waals surface area contributed by atoms with Gasteiger partial charge in [-0.3, -0.25) is 0 Å². The fourth-order valence-electron chi connectivity index (χ4n) is 7.68. The second-order valence-corrected chi connectivity index (χ2v) is 12.9. The lowest BCUT2D eigenvalue weighted by atomic mass is 9.98. The fraction of sp³-hybridized carbons (Fsp3) is 0. The maximum atomic E-state index is 6.21. The predicted molar refractivity (Wildman–Crippen MR) is 206 cm³/mol. The molecule has 3 aromatic heterocycles. The topological polar surface area (TPSA) is 42.7 Å². The maximum Gasteiger partial charge on any atom is 0.136 e. The van der Waals surface area contributed by atoms with Crippen LogP contribution in [0.4, 0.5) is 17.1 Å². The van der Waals surface area contributed by atoms with Crippen molar-refractivity contribution in [3.63, 3.8) is 0 Å². The number of hydrogen-bond donors (Lipinski definition) is 0. The van der Waals surface area contributed by atoms with Gasteiger partial charge in [0.25, 0.3) is 0 Å². The summed E-state index contributed by atoms with van der Waals surface area (Å²) in [5.41, 5.74) is 10.8. The van der Waals surface area contributed by atoms with E-state index in [0.717, 1.165) is 94.0 Å². The molecule has 0 aliphatic rings. The van der Waals surface area contributed by atoms with Gasteiger partial charge in [-0.1, -0.05) is 84.9 Å². The molecular formula is C46H27NO3. The van der Waals surface area contributed by atoms with E-state index in [1.165, 1.54) is 10.8 Å². The third kappa shape index (κ3) is 4.06. The Hall–Kier alpha value is -6.78. The van der Waals surface area contributed by atoms with Crippen LogP contribution in [0.2, 0.25) is 0 Å². The molecule has 0 aliphatic carbocycles. The number of hydrogen-bond acceptors (Lipinski definition) is 4. The molecule has 0 unspecified atom stereocenters. The second-order valence-electron chi connectivity index (χ2n) is 12.9. The molecule has 0 spiro atoms.